The first-order valence-corrected chi connectivity index (χ1v) is 14.3. The number of hydrogen-bond acceptors (Lipinski definition) is 13. The summed E-state index contributed by atoms with van der Waals surface area (Å²) in [7, 11) is 0. The molecule has 202 valence electrons. The number of aromatic nitrogens is 3. The third-order valence-electron chi connectivity index (χ3n) is 5.62. The number of anilines is 2. The summed E-state index contributed by atoms with van der Waals surface area (Å²) in [5.41, 5.74) is 12.9. The lowest BCUT2D eigenvalue weighted by Gasteiger charge is -2.49. The van der Waals surface area contributed by atoms with Crippen LogP contribution in [0.5, 0.6) is 0 Å². The Morgan fingerprint density at radius 3 is 2.76 bits per heavy atom. The molecule has 1 unspecified atom stereocenters. The monoisotopic (exact) mass is 580 g/mol. The lowest BCUT2D eigenvalue weighted by atomic mass is 10.0. The van der Waals surface area contributed by atoms with Crippen molar-refractivity contribution < 1.29 is 29.0 Å². The predicted octanol–water partition coefficient (Wildman–Crippen LogP) is -0.462. The van der Waals surface area contributed by atoms with Crippen LogP contribution in [0.1, 0.15) is 25.1 Å². The second-order valence-corrected chi connectivity index (χ2v) is 11.0. The van der Waals surface area contributed by atoms with Gasteiger partial charge >= 0.3 is 11.1 Å². The zero-order valence-electron chi connectivity index (χ0n) is 20.4. The molecule has 0 spiro atoms. The molecule has 0 saturated carbocycles. The van der Waals surface area contributed by atoms with Crippen molar-refractivity contribution in [2.75, 3.05) is 35.4 Å². The van der Waals surface area contributed by atoms with Crippen LogP contribution in [0.4, 0.5) is 10.9 Å². The maximum Gasteiger partial charge on any atom is 0.384 e. The number of β-lactam (4-membered cyclic amide) rings is 1. The summed E-state index contributed by atoms with van der Waals surface area (Å²) in [4.78, 5) is 52.8. The highest BCUT2D eigenvalue weighted by Gasteiger charge is 2.54. The molecule has 2 amide bonds. The van der Waals surface area contributed by atoms with Gasteiger partial charge in [0.1, 0.15) is 35.6 Å². The van der Waals surface area contributed by atoms with Gasteiger partial charge in [0, 0.05) is 16.9 Å². The van der Waals surface area contributed by atoms with Gasteiger partial charge in [-0.25, -0.2) is 9.78 Å². The normalized spacial score (nSPS) is 19.2. The van der Waals surface area contributed by atoms with Crippen LogP contribution in [-0.2, 0) is 25.6 Å². The number of thiazole rings is 1. The fraction of sp³-hybridized carbons (Fsp3) is 0.381. The van der Waals surface area contributed by atoms with E-state index in [1.54, 1.807) is 18.5 Å². The van der Waals surface area contributed by atoms with Crippen molar-refractivity contribution in [2.45, 2.75) is 36.8 Å². The Bertz CT molecular complexity index is 1350. The third kappa shape index (κ3) is 5.34. The van der Waals surface area contributed by atoms with E-state index in [1.807, 2.05) is 6.92 Å². The molecule has 2 aliphatic heterocycles. The lowest BCUT2D eigenvalue weighted by Crippen LogP contribution is -2.71. The van der Waals surface area contributed by atoms with Crippen molar-refractivity contribution in [3.05, 3.63) is 34.1 Å². The van der Waals surface area contributed by atoms with E-state index in [4.69, 9.17) is 22.1 Å². The van der Waals surface area contributed by atoms with Crippen LogP contribution in [0.2, 0.25) is 0 Å². The maximum atomic E-state index is 13.0. The second-order valence-electron chi connectivity index (χ2n) is 8.03. The van der Waals surface area contributed by atoms with Crippen LogP contribution in [0, 0.1) is 0 Å². The number of rotatable bonds is 10. The highest BCUT2D eigenvalue weighted by atomic mass is 32.2. The highest BCUT2D eigenvalue weighted by molar-refractivity contribution is 8.01. The minimum Gasteiger partial charge on any atom is -0.477 e. The molecule has 2 aromatic heterocycles. The number of amides is 2. The standard InChI is InChI=1S/C21H25N9O5S3/c1-3-9-5-29(24)21(27-15(9)22)38-7-10-6-36-18-13(17(32)30(18)14(10)19(33)34)26-16(31)12(28-35-4-2)11-8-37-20(23)25-11/h5,8,13,18,22H,3-4,6-7,24H2,1-2H3,(H4,23,25,26,31,33,34)/p+1/b28-12-/t13?,18-/m1/s1. The fourth-order valence-electron chi connectivity index (χ4n) is 3.79. The van der Waals surface area contributed by atoms with Crippen molar-refractivity contribution in [2.24, 2.45) is 5.16 Å². The summed E-state index contributed by atoms with van der Waals surface area (Å²) in [5.74, 6) is 4.46. The Morgan fingerprint density at radius 2 is 2.13 bits per heavy atom. The number of oxime groups is 1. The second kappa shape index (κ2) is 11.4. The van der Waals surface area contributed by atoms with E-state index in [-0.39, 0.29) is 34.6 Å². The molecule has 4 heterocycles. The molecule has 1 fully saturated rings. The average molecular weight is 581 g/mol. The van der Waals surface area contributed by atoms with Crippen LogP contribution in [0.15, 0.2) is 33.2 Å². The van der Waals surface area contributed by atoms with Gasteiger partial charge in [-0.05, 0) is 35.7 Å². The van der Waals surface area contributed by atoms with Gasteiger partial charge in [0.05, 0.1) is 5.56 Å². The summed E-state index contributed by atoms with van der Waals surface area (Å²) in [6, 6.07) is -0.951. The number of hydrogen-bond donors (Lipinski definition) is 5. The van der Waals surface area contributed by atoms with Crippen molar-refractivity contribution in [1.82, 2.24) is 20.2 Å². The zero-order valence-corrected chi connectivity index (χ0v) is 22.9. The first-order valence-electron chi connectivity index (χ1n) is 11.4. The largest absolute Gasteiger partial charge is 0.477 e. The summed E-state index contributed by atoms with van der Waals surface area (Å²) < 4.78 is 1.34. The summed E-state index contributed by atoms with van der Waals surface area (Å²) >= 11 is 3.69. The van der Waals surface area contributed by atoms with Gasteiger partial charge < -0.3 is 26.7 Å². The first kappa shape index (κ1) is 27.5. The van der Waals surface area contributed by atoms with Gasteiger partial charge in [-0.1, -0.05) is 12.1 Å². The number of nitrogens with one attached hydrogen (secondary N) is 1. The van der Waals surface area contributed by atoms with E-state index in [2.05, 4.69) is 20.4 Å². The molecular weight excluding hydrogens is 554 g/mol. The molecular formula is C21H26N9O5S3+. The number of nitrogens with zero attached hydrogens (tertiary/aromatic N) is 5. The molecule has 2 aromatic rings. The van der Waals surface area contributed by atoms with E-state index in [9.17, 15) is 19.5 Å². The number of aliphatic carboxylic acids is 1. The van der Waals surface area contributed by atoms with Crippen molar-refractivity contribution in [3.63, 3.8) is 0 Å². The Kier molecular flexibility index (Phi) is 8.27. The number of aryl methyl sites for hydroxylation is 1. The van der Waals surface area contributed by atoms with Crippen LogP contribution < -0.4 is 27.3 Å². The fourth-order valence-corrected chi connectivity index (χ4v) is 6.72. The quantitative estimate of drug-likeness (QED) is 0.0459. The van der Waals surface area contributed by atoms with Crippen molar-refractivity contribution in [3.8, 4) is 0 Å². The number of thioether (sulfide) groups is 2. The van der Waals surface area contributed by atoms with Gasteiger partial charge in [-0.3, -0.25) is 20.3 Å². The summed E-state index contributed by atoms with van der Waals surface area (Å²) in [5, 5.41) is 18.0. The highest BCUT2D eigenvalue weighted by Crippen LogP contribution is 2.41. The molecule has 17 heteroatoms. The molecule has 2 atom stereocenters. The van der Waals surface area contributed by atoms with E-state index < -0.39 is 29.2 Å². The SMILES string of the molecule is CCO/N=C(\C(=O)NC1C(=O)N2C(C(=O)O)=C(CSc3nc(N)c(CC)c[n+]3N)CS[C@H]12)c1csc(N)n1. The molecule has 14 nitrogen and oxygen atoms in total. The molecule has 38 heavy (non-hydrogen) atoms. The number of carbonyl (C=O) groups is 3. The number of carboxylic acids is 1. The van der Waals surface area contributed by atoms with Gasteiger partial charge in [0.2, 0.25) is 5.82 Å². The van der Waals surface area contributed by atoms with Gasteiger partial charge in [-0.15, -0.1) is 27.8 Å². The number of nitrogens with two attached hydrogens (primary N) is 3. The summed E-state index contributed by atoms with van der Waals surface area (Å²) in [6.07, 6.45) is 2.34. The lowest BCUT2D eigenvalue weighted by molar-refractivity contribution is -0.682. The molecule has 0 aromatic carbocycles. The number of fused-ring (bicyclic) bond motifs is 1. The van der Waals surface area contributed by atoms with Gasteiger partial charge in [-0.2, -0.15) is 0 Å². The van der Waals surface area contributed by atoms with Crippen LogP contribution in [0.25, 0.3) is 0 Å². The van der Waals surface area contributed by atoms with E-state index >= 15 is 0 Å². The Balaban J connectivity index is 1.50. The van der Waals surface area contributed by atoms with E-state index in [0.29, 0.717) is 28.7 Å². The number of nitrogen functional groups attached to an aromatic ring is 3. The topological polar surface area (TPSA) is 216 Å². The van der Waals surface area contributed by atoms with E-state index in [0.717, 1.165) is 16.9 Å². The average Bonchev–Trinajstić information content (AvgIpc) is 3.32. The Labute approximate surface area is 229 Å². The first-order chi connectivity index (χ1) is 18.2. The molecule has 1 saturated heterocycles. The smallest absolute Gasteiger partial charge is 0.384 e. The number of carboxylic acid groups (broad SMARTS) is 1. The van der Waals surface area contributed by atoms with Crippen LogP contribution in [0.3, 0.4) is 0 Å². The van der Waals surface area contributed by atoms with Crippen molar-refractivity contribution >= 4 is 69.3 Å². The molecule has 0 radical (unpaired) electrons. The Morgan fingerprint density at radius 1 is 1.37 bits per heavy atom. The maximum absolute atomic E-state index is 13.0. The predicted molar refractivity (Wildman–Crippen MR) is 143 cm³/mol. The molecule has 0 bridgehead atoms. The van der Waals surface area contributed by atoms with E-state index in [1.165, 1.54) is 33.1 Å². The minimum atomic E-state index is -1.24. The molecule has 4 rings (SSSR count). The van der Waals surface area contributed by atoms with Gasteiger partial charge in [0.15, 0.2) is 10.8 Å². The molecule has 0 aliphatic carbocycles. The molecule has 2 aliphatic rings. The minimum absolute atomic E-state index is 0.117. The Hall–Kier alpha value is -3.57. The summed E-state index contributed by atoms with van der Waals surface area (Å²) in [6.45, 7) is 3.85. The van der Waals surface area contributed by atoms with Crippen LogP contribution in [-0.4, -0.2) is 73.0 Å². The zero-order chi connectivity index (χ0) is 27.6. The van der Waals surface area contributed by atoms with Crippen LogP contribution >= 0.6 is 34.9 Å². The van der Waals surface area contributed by atoms with Gasteiger partial charge in [0.25, 0.3) is 11.8 Å². The number of carbonyl (C=O) groups excluding carboxylic acids is 2. The molecule has 8 N–H and O–H groups in total. The van der Waals surface area contributed by atoms with Crippen molar-refractivity contribution in [1.29, 1.82) is 0 Å². The third-order valence-corrected chi connectivity index (χ3v) is 8.68.